The molecule has 0 saturated carbocycles. The number of para-hydroxylation sites is 2. The number of hydrogen-bond acceptors (Lipinski definition) is 3. The van der Waals surface area contributed by atoms with Crippen molar-refractivity contribution in [2.45, 2.75) is 0 Å². The molecule has 0 atom stereocenters. The quantitative estimate of drug-likeness (QED) is 0.170. The fraction of sp³-hybridized carbons (Fsp3) is 0. The van der Waals surface area contributed by atoms with Crippen LogP contribution in [0.4, 0.5) is 0 Å². The average molecular weight is 732 g/mol. The number of hydrogen-bond donors (Lipinski definition) is 0. The van der Waals surface area contributed by atoms with Crippen molar-refractivity contribution >= 4 is 53.4 Å². The second-order valence-corrected chi connectivity index (χ2v) is 15.2. The van der Waals surface area contributed by atoms with E-state index in [9.17, 15) is 0 Å². The fourth-order valence-electron chi connectivity index (χ4n) is 8.09. The van der Waals surface area contributed by atoms with E-state index in [2.05, 4.69) is 187 Å². The first kappa shape index (κ1) is 32.3. The van der Waals surface area contributed by atoms with Gasteiger partial charge in [-0.2, -0.15) is 0 Å². The Bertz CT molecular complexity index is 3180. The van der Waals surface area contributed by atoms with Crippen LogP contribution in [0.1, 0.15) is 0 Å². The minimum atomic E-state index is 0.732. The molecule has 3 nitrogen and oxygen atoms in total. The average Bonchev–Trinajstić information content (AvgIpc) is 3.82. The van der Waals surface area contributed by atoms with Crippen LogP contribution in [0.2, 0.25) is 0 Å². The van der Waals surface area contributed by atoms with Gasteiger partial charge >= 0.3 is 0 Å². The van der Waals surface area contributed by atoms with E-state index >= 15 is 0 Å². The molecule has 0 N–H and O–H groups in total. The van der Waals surface area contributed by atoms with Crippen LogP contribution < -0.4 is 0 Å². The molecule has 0 aliphatic rings. The number of benzene rings is 8. The van der Waals surface area contributed by atoms with Gasteiger partial charge in [-0.3, -0.25) is 0 Å². The Morgan fingerprint density at radius 3 is 1.57 bits per heavy atom. The van der Waals surface area contributed by atoms with E-state index in [0.29, 0.717) is 0 Å². The first-order valence-electron chi connectivity index (χ1n) is 18.9. The molecule has 11 rings (SSSR count). The van der Waals surface area contributed by atoms with E-state index in [4.69, 9.17) is 9.97 Å². The van der Waals surface area contributed by atoms with Gasteiger partial charge in [0.2, 0.25) is 0 Å². The van der Waals surface area contributed by atoms with Crippen LogP contribution in [0.15, 0.2) is 200 Å². The van der Waals surface area contributed by atoms with Gasteiger partial charge in [0.15, 0.2) is 5.82 Å². The molecular weight excluding hydrogens is 699 g/mol. The number of thiophene rings is 1. The summed E-state index contributed by atoms with van der Waals surface area (Å²) in [6.45, 7) is 0. The molecule has 0 unspecified atom stereocenters. The highest BCUT2D eigenvalue weighted by Crippen LogP contribution is 2.42. The maximum absolute atomic E-state index is 5.26. The van der Waals surface area contributed by atoms with Crippen LogP contribution in [-0.4, -0.2) is 14.5 Å². The summed E-state index contributed by atoms with van der Waals surface area (Å²) < 4.78 is 4.67. The second kappa shape index (κ2) is 13.3. The third-order valence-corrected chi connectivity index (χ3v) is 12.0. The summed E-state index contributed by atoms with van der Waals surface area (Å²) in [7, 11) is 0. The van der Waals surface area contributed by atoms with Crippen LogP contribution in [0, 0.1) is 0 Å². The monoisotopic (exact) mass is 731 g/mol. The lowest BCUT2D eigenvalue weighted by atomic mass is 9.98. The minimum Gasteiger partial charge on any atom is -0.309 e. The standard InChI is InChI=1S/C52H33N3S/c1-3-13-34(14-4-1)35-25-27-36(28-26-35)49-51-50(54-52(53-49)37-15-5-2-6-16-37)45-33-41(29-30-48(45)56-51)39-18-11-17-38(31-39)40-19-12-20-42(32-40)55-46-23-9-7-21-43(46)44-22-8-10-24-47(44)55/h1-33H. The van der Waals surface area contributed by atoms with Crippen molar-refractivity contribution < 1.29 is 0 Å². The SMILES string of the molecule is c1ccc(-c2ccc(-c3nc(-c4ccccc4)nc4c3sc3ccc(-c5cccc(-c6cccc(-n7c8ccccc8c8ccccc87)c6)c5)cc34)cc2)cc1. The molecule has 11 aromatic rings. The Morgan fingerprint density at radius 1 is 0.357 bits per heavy atom. The molecule has 4 heteroatoms. The van der Waals surface area contributed by atoms with Crippen LogP contribution in [0.3, 0.4) is 0 Å². The Balaban J connectivity index is 1.01. The van der Waals surface area contributed by atoms with Gasteiger partial charge in [0.05, 0.1) is 26.9 Å². The Morgan fingerprint density at radius 2 is 0.875 bits per heavy atom. The summed E-state index contributed by atoms with van der Waals surface area (Å²) in [5.41, 5.74) is 14.7. The van der Waals surface area contributed by atoms with Gasteiger partial charge in [0, 0.05) is 37.7 Å². The van der Waals surface area contributed by atoms with E-state index in [-0.39, 0.29) is 0 Å². The van der Waals surface area contributed by atoms with Crippen molar-refractivity contribution in [2.24, 2.45) is 0 Å². The summed E-state index contributed by atoms with van der Waals surface area (Å²) in [4.78, 5) is 10.5. The smallest absolute Gasteiger partial charge is 0.160 e. The molecule has 8 aromatic carbocycles. The molecule has 3 aromatic heterocycles. The molecule has 0 spiro atoms. The molecule has 56 heavy (non-hydrogen) atoms. The van der Waals surface area contributed by atoms with E-state index in [1.54, 1.807) is 11.3 Å². The zero-order valence-electron chi connectivity index (χ0n) is 30.3. The molecule has 0 aliphatic heterocycles. The van der Waals surface area contributed by atoms with E-state index in [1.165, 1.54) is 54.3 Å². The third kappa shape index (κ3) is 5.50. The molecular formula is C52H33N3S. The largest absolute Gasteiger partial charge is 0.309 e. The first-order chi connectivity index (χ1) is 27.7. The summed E-state index contributed by atoms with van der Waals surface area (Å²) in [5, 5.41) is 3.67. The fourth-order valence-corrected chi connectivity index (χ4v) is 9.22. The maximum Gasteiger partial charge on any atom is 0.160 e. The van der Waals surface area contributed by atoms with Crippen molar-refractivity contribution in [1.29, 1.82) is 0 Å². The normalized spacial score (nSPS) is 11.6. The van der Waals surface area contributed by atoms with Gasteiger partial charge in [-0.25, -0.2) is 9.97 Å². The summed E-state index contributed by atoms with van der Waals surface area (Å²) in [6, 6.07) is 71.5. The molecule has 0 radical (unpaired) electrons. The topological polar surface area (TPSA) is 30.7 Å². The lowest BCUT2D eigenvalue weighted by Crippen LogP contribution is -1.94. The van der Waals surface area contributed by atoms with E-state index < -0.39 is 0 Å². The molecule has 0 fully saturated rings. The summed E-state index contributed by atoms with van der Waals surface area (Å²) >= 11 is 1.77. The molecule has 3 heterocycles. The molecule has 262 valence electrons. The molecule has 0 bridgehead atoms. The van der Waals surface area contributed by atoms with Gasteiger partial charge in [-0.1, -0.05) is 158 Å². The van der Waals surface area contributed by atoms with Crippen LogP contribution in [0.5, 0.6) is 0 Å². The zero-order chi connectivity index (χ0) is 37.0. The Kier molecular flexibility index (Phi) is 7.68. The van der Waals surface area contributed by atoms with Crippen molar-refractivity contribution in [1.82, 2.24) is 14.5 Å². The Hall–Kier alpha value is -7.14. The summed E-state index contributed by atoms with van der Waals surface area (Å²) in [5.74, 6) is 0.732. The van der Waals surface area contributed by atoms with E-state index in [1.807, 2.05) is 18.2 Å². The van der Waals surface area contributed by atoms with Gasteiger partial charge < -0.3 is 4.57 Å². The van der Waals surface area contributed by atoms with Gasteiger partial charge in [0.25, 0.3) is 0 Å². The highest BCUT2D eigenvalue weighted by Gasteiger charge is 2.18. The minimum absolute atomic E-state index is 0.732. The highest BCUT2D eigenvalue weighted by molar-refractivity contribution is 7.26. The van der Waals surface area contributed by atoms with E-state index in [0.717, 1.165) is 49.5 Å². The number of aromatic nitrogens is 3. The molecule has 0 amide bonds. The number of nitrogens with zero attached hydrogens (tertiary/aromatic N) is 3. The number of fused-ring (bicyclic) bond motifs is 6. The van der Waals surface area contributed by atoms with Gasteiger partial charge in [0.1, 0.15) is 0 Å². The van der Waals surface area contributed by atoms with Crippen molar-refractivity contribution in [3.8, 4) is 61.7 Å². The first-order valence-corrected chi connectivity index (χ1v) is 19.7. The lowest BCUT2D eigenvalue weighted by Gasteiger charge is -2.11. The molecule has 0 saturated heterocycles. The van der Waals surface area contributed by atoms with Gasteiger partial charge in [-0.15, -0.1) is 11.3 Å². The Labute approximate surface area is 328 Å². The lowest BCUT2D eigenvalue weighted by molar-refractivity contribution is 1.18. The second-order valence-electron chi connectivity index (χ2n) is 14.2. The predicted molar refractivity (Wildman–Crippen MR) is 236 cm³/mol. The van der Waals surface area contributed by atoms with Crippen molar-refractivity contribution in [2.75, 3.05) is 0 Å². The predicted octanol–water partition coefficient (Wildman–Crippen LogP) is 14.3. The van der Waals surface area contributed by atoms with Crippen LogP contribution in [-0.2, 0) is 0 Å². The highest BCUT2D eigenvalue weighted by atomic mass is 32.1. The zero-order valence-corrected chi connectivity index (χ0v) is 31.1. The van der Waals surface area contributed by atoms with Crippen molar-refractivity contribution in [3.63, 3.8) is 0 Å². The maximum atomic E-state index is 5.26. The van der Waals surface area contributed by atoms with Crippen LogP contribution >= 0.6 is 11.3 Å². The van der Waals surface area contributed by atoms with Crippen molar-refractivity contribution in [3.05, 3.63) is 200 Å². The van der Waals surface area contributed by atoms with Gasteiger partial charge in [-0.05, 0) is 75.8 Å². The number of rotatable bonds is 6. The molecule has 0 aliphatic carbocycles. The summed E-state index contributed by atoms with van der Waals surface area (Å²) in [6.07, 6.45) is 0. The van der Waals surface area contributed by atoms with Crippen LogP contribution in [0.25, 0.3) is 104 Å². The third-order valence-electron chi connectivity index (χ3n) is 10.8.